The smallest absolute Gasteiger partial charge is 0.412 e. The van der Waals surface area contributed by atoms with E-state index in [4.69, 9.17) is 9.47 Å². The van der Waals surface area contributed by atoms with Crippen LogP contribution < -0.4 is 11.0 Å². The SMILES string of the molecule is CCCCC(CC)COC(=O)Nc1nc(=O)n([C@@H]2O[C@H](C)[C@@H](O)[C@H]2O)cc1F. The highest BCUT2D eigenvalue weighted by Crippen LogP contribution is 2.28. The van der Waals surface area contributed by atoms with Crippen LogP contribution in [-0.4, -0.2) is 50.8 Å². The van der Waals surface area contributed by atoms with E-state index in [0.29, 0.717) is 0 Å². The van der Waals surface area contributed by atoms with E-state index in [1.165, 1.54) is 6.92 Å². The molecule has 0 aromatic carbocycles. The lowest BCUT2D eigenvalue weighted by Crippen LogP contribution is -2.36. The maximum Gasteiger partial charge on any atom is 0.412 e. The molecule has 3 N–H and O–H groups in total. The Kier molecular flexibility index (Phi) is 7.90. The lowest BCUT2D eigenvalue weighted by Gasteiger charge is -2.18. The van der Waals surface area contributed by atoms with E-state index >= 15 is 0 Å². The number of hydrogen-bond acceptors (Lipinski definition) is 7. The van der Waals surface area contributed by atoms with Gasteiger partial charge in [0.05, 0.1) is 18.9 Å². The summed E-state index contributed by atoms with van der Waals surface area (Å²) < 4.78 is 25.4. The molecule has 1 aliphatic heterocycles. The molecular weight excluding hydrogens is 373 g/mol. The fourth-order valence-electron chi connectivity index (χ4n) is 3.00. The van der Waals surface area contributed by atoms with Gasteiger partial charge in [0.2, 0.25) is 0 Å². The van der Waals surface area contributed by atoms with Crippen molar-refractivity contribution in [3.63, 3.8) is 0 Å². The van der Waals surface area contributed by atoms with Crippen molar-refractivity contribution >= 4 is 11.9 Å². The minimum atomic E-state index is -1.41. The molecule has 1 aromatic heterocycles. The number of anilines is 1. The molecule has 158 valence electrons. The molecule has 1 fully saturated rings. The number of ether oxygens (including phenoxy) is 2. The summed E-state index contributed by atoms with van der Waals surface area (Å²) in [5.74, 6) is -1.36. The van der Waals surface area contributed by atoms with Crippen molar-refractivity contribution in [1.29, 1.82) is 0 Å². The predicted octanol–water partition coefficient (Wildman–Crippen LogP) is 1.79. The normalized spacial score (nSPS) is 25.5. The number of aliphatic hydroxyl groups excluding tert-OH is 2. The molecule has 1 amide bonds. The highest BCUT2D eigenvalue weighted by molar-refractivity contribution is 5.83. The predicted molar refractivity (Wildman–Crippen MR) is 98.3 cm³/mol. The standard InChI is InChI=1S/C18H28FN3O6/c1-4-6-7-11(5-2)9-27-18(26)21-15-12(19)8-22(17(25)20-15)16-14(24)13(23)10(3)28-16/h8,10-11,13-14,16,23-24H,4-7,9H2,1-3H3,(H,20,21,25,26)/t10-,11?,13-,14-,16-/m1/s1. The molecule has 5 atom stereocenters. The van der Waals surface area contributed by atoms with Crippen LogP contribution >= 0.6 is 0 Å². The van der Waals surface area contributed by atoms with Crippen LogP contribution in [0.15, 0.2) is 11.0 Å². The van der Waals surface area contributed by atoms with Gasteiger partial charge in [-0.15, -0.1) is 0 Å². The van der Waals surface area contributed by atoms with Crippen molar-refractivity contribution in [2.24, 2.45) is 5.92 Å². The Morgan fingerprint density at radius 3 is 2.71 bits per heavy atom. The van der Waals surface area contributed by atoms with Gasteiger partial charge < -0.3 is 19.7 Å². The molecule has 0 aliphatic carbocycles. The number of unbranched alkanes of at least 4 members (excludes halogenated alkanes) is 1. The fraction of sp³-hybridized carbons (Fsp3) is 0.722. The quantitative estimate of drug-likeness (QED) is 0.607. The molecule has 0 bridgehead atoms. The van der Waals surface area contributed by atoms with Crippen LogP contribution in [0, 0.1) is 11.7 Å². The van der Waals surface area contributed by atoms with E-state index in [2.05, 4.69) is 17.2 Å². The summed E-state index contributed by atoms with van der Waals surface area (Å²) in [5, 5.41) is 21.8. The zero-order valence-electron chi connectivity index (χ0n) is 16.3. The summed E-state index contributed by atoms with van der Waals surface area (Å²) in [6.07, 6.45) is -0.922. The van der Waals surface area contributed by atoms with Crippen LogP contribution in [0.25, 0.3) is 0 Å². The molecule has 0 radical (unpaired) electrons. The van der Waals surface area contributed by atoms with E-state index in [1.54, 1.807) is 0 Å². The summed E-state index contributed by atoms with van der Waals surface area (Å²) in [6.45, 7) is 5.78. The van der Waals surface area contributed by atoms with Gasteiger partial charge in [0, 0.05) is 0 Å². The summed E-state index contributed by atoms with van der Waals surface area (Å²) >= 11 is 0. The number of carbonyl (C=O) groups excluding carboxylic acids is 1. The van der Waals surface area contributed by atoms with Crippen LogP contribution in [0.3, 0.4) is 0 Å². The van der Waals surface area contributed by atoms with Gasteiger partial charge in [-0.2, -0.15) is 4.98 Å². The molecule has 9 nitrogen and oxygen atoms in total. The van der Waals surface area contributed by atoms with Gasteiger partial charge in [-0.3, -0.25) is 9.88 Å². The van der Waals surface area contributed by atoms with Gasteiger partial charge in [0.25, 0.3) is 0 Å². The van der Waals surface area contributed by atoms with Crippen LogP contribution in [0.4, 0.5) is 15.0 Å². The first-order chi connectivity index (χ1) is 13.3. The van der Waals surface area contributed by atoms with Crippen molar-refractivity contribution in [1.82, 2.24) is 9.55 Å². The van der Waals surface area contributed by atoms with Gasteiger partial charge in [-0.05, 0) is 19.3 Å². The third-order valence-electron chi connectivity index (χ3n) is 4.87. The molecule has 0 saturated carbocycles. The first kappa shape index (κ1) is 22.3. The van der Waals surface area contributed by atoms with E-state index in [-0.39, 0.29) is 12.5 Å². The van der Waals surface area contributed by atoms with E-state index < -0.39 is 48.0 Å². The van der Waals surface area contributed by atoms with Crippen LogP contribution in [0.5, 0.6) is 0 Å². The highest BCUT2D eigenvalue weighted by Gasteiger charge is 2.42. The topological polar surface area (TPSA) is 123 Å². The van der Waals surface area contributed by atoms with Crippen molar-refractivity contribution in [2.75, 3.05) is 11.9 Å². The molecule has 1 saturated heterocycles. The van der Waals surface area contributed by atoms with Crippen molar-refractivity contribution < 1.29 is 28.9 Å². The fourth-order valence-corrected chi connectivity index (χ4v) is 3.00. The number of amides is 1. The van der Waals surface area contributed by atoms with E-state index in [0.717, 1.165) is 36.4 Å². The second kappa shape index (κ2) is 9.94. The molecule has 1 aliphatic rings. The second-order valence-electron chi connectivity index (χ2n) is 6.98. The van der Waals surface area contributed by atoms with Crippen LogP contribution in [0.1, 0.15) is 52.7 Å². The maximum atomic E-state index is 14.3. The van der Waals surface area contributed by atoms with E-state index in [1.807, 2.05) is 6.92 Å². The average Bonchev–Trinajstić information content (AvgIpc) is 2.92. The Morgan fingerprint density at radius 1 is 1.43 bits per heavy atom. The third kappa shape index (κ3) is 5.27. The summed E-state index contributed by atoms with van der Waals surface area (Å²) in [6, 6.07) is 0. The lowest BCUT2D eigenvalue weighted by atomic mass is 10.0. The number of hydrogen-bond donors (Lipinski definition) is 3. The van der Waals surface area contributed by atoms with Crippen molar-refractivity contribution in [3.05, 3.63) is 22.5 Å². The first-order valence-corrected chi connectivity index (χ1v) is 9.52. The largest absolute Gasteiger partial charge is 0.449 e. The number of halogens is 1. The average molecular weight is 401 g/mol. The van der Waals surface area contributed by atoms with Gasteiger partial charge in [-0.1, -0.05) is 33.1 Å². The molecule has 10 heteroatoms. The molecule has 2 rings (SSSR count). The number of nitrogens with one attached hydrogen (secondary N) is 1. The molecule has 1 aromatic rings. The molecular formula is C18H28FN3O6. The van der Waals surface area contributed by atoms with Crippen molar-refractivity contribution in [2.45, 2.75) is 71.0 Å². The third-order valence-corrected chi connectivity index (χ3v) is 4.87. The number of aliphatic hydroxyl groups is 2. The Bertz CT molecular complexity index is 728. The number of carbonyl (C=O) groups is 1. The van der Waals surface area contributed by atoms with Crippen LogP contribution in [-0.2, 0) is 9.47 Å². The van der Waals surface area contributed by atoms with Gasteiger partial charge in [0.15, 0.2) is 17.9 Å². The Morgan fingerprint density at radius 2 is 2.14 bits per heavy atom. The number of nitrogens with zero attached hydrogens (tertiary/aromatic N) is 2. The highest BCUT2D eigenvalue weighted by atomic mass is 19.1. The Labute approximate surface area is 162 Å². The van der Waals surface area contributed by atoms with Gasteiger partial charge >= 0.3 is 11.8 Å². The molecule has 1 unspecified atom stereocenters. The number of aromatic nitrogens is 2. The minimum Gasteiger partial charge on any atom is -0.449 e. The monoisotopic (exact) mass is 401 g/mol. The Hall–Kier alpha value is -2.04. The minimum absolute atomic E-state index is 0.193. The Balaban J connectivity index is 2.02. The summed E-state index contributed by atoms with van der Waals surface area (Å²) in [4.78, 5) is 27.6. The van der Waals surface area contributed by atoms with Crippen LogP contribution in [0.2, 0.25) is 0 Å². The molecule has 2 heterocycles. The van der Waals surface area contributed by atoms with E-state index in [9.17, 15) is 24.2 Å². The molecule has 0 spiro atoms. The maximum absolute atomic E-state index is 14.3. The van der Waals surface area contributed by atoms with Gasteiger partial charge in [-0.25, -0.2) is 14.0 Å². The van der Waals surface area contributed by atoms with Gasteiger partial charge in [0.1, 0.15) is 12.2 Å². The van der Waals surface area contributed by atoms with Crippen molar-refractivity contribution in [3.8, 4) is 0 Å². The summed E-state index contributed by atoms with van der Waals surface area (Å²) in [7, 11) is 0. The zero-order valence-corrected chi connectivity index (χ0v) is 16.3. The first-order valence-electron chi connectivity index (χ1n) is 9.52. The molecule has 28 heavy (non-hydrogen) atoms. The lowest BCUT2D eigenvalue weighted by molar-refractivity contribution is -0.0355. The number of rotatable bonds is 8. The second-order valence-corrected chi connectivity index (χ2v) is 6.98. The zero-order chi connectivity index (χ0) is 20.8. The summed E-state index contributed by atoms with van der Waals surface area (Å²) in [5.41, 5.74) is -0.948.